The molecule has 38 heavy (non-hydrogen) atoms. The summed E-state index contributed by atoms with van der Waals surface area (Å²) in [4.78, 5) is 55.9. The van der Waals surface area contributed by atoms with Crippen LogP contribution in [0.2, 0.25) is 0 Å². The predicted molar refractivity (Wildman–Crippen MR) is 141 cm³/mol. The summed E-state index contributed by atoms with van der Waals surface area (Å²) >= 11 is 2.23. The summed E-state index contributed by atoms with van der Waals surface area (Å²) in [5, 5.41) is -0.149. The molecule has 2 aliphatic rings. The van der Waals surface area contributed by atoms with Crippen molar-refractivity contribution in [2.45, 2.75) is 23.1 Å². The van der Waals surface area contributed by atoms with E-state index in [0.717, 1.165) is 11.3 Å². The first-order valence-electron chi connectivity index (χ1n) is 11.7. The van der Waals surface area contributed by atoms with E-state index in [-0.39, 0.29) is 29.9 Å². The Bertz CT molecular complexity index is 1450. The second-order valence-corrected chi connectivity index (χ2v) is 10.6. The molecule has 1 fully saturated rings. The number of amides is 2. The minimum absolute atomic E-state index is 0.239. The molecule has 1 aromatic heterocycles. The van der Waals surface area contributed by atoms with Crippen LogP contribution in [-0.4, -0.2) is 55.5 Å². The van der Waals surface area contributed by atoms with E-state index in [9.17, 15) is 19.2 Å². The smallest absolute Gasteiger partial charge is 0.344 e. The van der Waals surface area contributed by atoms with Crippen molar-refractivity contribution >= 4 is 46.6 Å². The number of nitrogens with one attached hydrogen (secondary N) is 1. The number of aromatic nitrogens is 1. The van der Waals surface area contributed by atoms with E-state index >= 15 is 0 Å². The Morgan fingerprint density at radius 3 is 2.45 bits per heavy atom. The van der Waals surface area contributed by atoms with Crippen molar-refractivity contribution in [3.63, 3.8) is 0 Å². The number of nitrogens with zero attached hydrogens (tertiary/aromatic N) is 1. The number of ether oxygens (including phenoxy) is 4. The number of imide groups is 1. The highest BCUT2D eigenvalue weighted by Crippen LogP contribution is 2.53. The number of aromatic amines is 1. The van der Waals surface area contributed by atoms with Crippen molar-refractivity contribution in [1.82, 2.24) is 4.98 Å². The lowest BCUT2D eigenvalue weighted by molar-refractivity contribution is -0.145. The topological polar surface area (TPSA) is 124 Å². The van der Waals surface area contributed by atoms with Crippen LogP contribution in [0.15, 0.2) is 52.3 Å². The molecule has 0 bridgehead atoms. The van der Waals surface area contributed by atoms with Gasteiger partial charge in [-0.25, -0.2) is 9.69 Å². The van der Waals surface area contributed by atoms with Gasteiger partial charge < -0.3 is 23.9 Å². The van der Waals surface area contributed by atoms with Gasteiger partial charge in [-0.15, -0.1) is 0 Å². The molecule has 12 heteroatoms. The standard InChI is InChI=1S/C26H24N2O8S2/c1-4-35-18(29)12-36-16-10-5-13(11-17(16)34-3)19-20-22(37-23-21(19)38-26(32)27-23)25(31)28(24(20)30)14-6-8-15(33-2)9-7-14/h5-11,19-20,22H,4,12H2,1-3H3,(H,27,32). The number of anilines is 1. The van der Waals surface area contributed by atoms with Gasteiger partial charge in [0.1, 0.15) is 11.0 Å². The summed E-state index contributed by atoms with van der Waals surface area (Å²) in [7, 11) is 3.00. The quantitative estimate of drug-likeness (QED) is 0.329. The molecule has 0 saturated carbocycles. The summed E-state index contributed by atoms with van der Waals surface area (Å²) in [5.41, 5.74) is 1.13. The number of benzene rings is 2. The van der Waals surface area contributed by atoms with Gasteiger partial charge in [-0.05, 0) is 48.9 Å². The largest absolute Gasteiger partial charge is 0.497 e. The van der Waals surface area contributed by atoms with Gasteiger partial charge in [0.25, 0.3) is 0 Å². The van der Waals surface area contributed by atoms with Crippen LogP contribution in [-0.2, 0) is 19.1 Å². The first kappa shape index (κ1) is 25.9. The Morgan fingerprint density at radius 1 is 1.00 bits per heavy atom. The molecular formula is C26H24N2O8S2. The SMILES string of the molecule is CCOC(=O)COc1ccc(C2c3sc(=O)[nH]c3SC3C(=O)N(c4ccc(OC)cc4)C(=O)C32)cc1OC. The number of thioether (sulfide) groups is 1. The molecule has 0 spiro atoms. The average molecular weight is 557 g/mol. The van der Waals surface area contributed by atoms with Crippen LogP contribution >= 0.6 is 23.1 Å². The number of H-pyrrole nitrogens is 1. The van der Waals surface area contributed by atoms with E-state index in [2.05, 4.69) is 4.98 Å². The number of hydrogen-bond acceptors (Lipinski definition) is 10. The monoisotopic (exact) mass is 556 g/mol. The number of rotatable bonds is 8. The molecule has 2 aliphatic heterocycles. The molecule has 2 aromatic carbocycles. The molecule has 1 saturated heterocycles. The third-order valence-electron chi connectivity index (χ3n) is 6.35. The highest BCUT2D eigenvalue weighted by atomic mass is 32.2. The van der Waals surface area contributed by atoms with E-state index in [1.54, 1.807) is 49.4 Å². The zero-order chi connectivity index (χ0) is 27.0. The second-order valence-electron chi connectivity index (χ2n) is 8.46. The lowest BCUT2D eigenvalue weighted by Gasteiger charge is -2.30. The first-order valence-corrected chi connectivity index (χ1v) is 13.4. The number of fused-ring (bicyclic) bond motifs is 2. The van der Waals surface area contributed by atoms with Crippen LogP contribution in [0.5, 0.6) is 17.2 Å². The van der Waals surface area contributed by atoms with Gasteiger partial charge in [-0.1, -0.05) is 29.2 Å². The highest BCUT2D eigenvalue weighted by Gasteiger charge is 2.56. The summed E-state index contributed by atoms with van der Waals surface area (Å²) in [6.45, 7) is 1.65. The van der Waals surface area contributed by atoms with Crippen molar-refractivity contribution < 1.29 is 33.3 Å². The minimum atomic E-state index is -0.746. The number of methoxy groups -OCH3 is 2. The van der Waals surface area contributed by atoms with Gasteiger partial charge in [0, 0.05) is 10.8 Å². The van der Waals surface area contributed by atoms with Gasteiger partial charge in [-0.3, -0.25) is 14.4 Å². The molecular weight excluding hydrogens is 532 g/mol. The maximum Gasteiger partial charge on any atom is 0.344 e. The van der Waals surface area contributed by atoms with E-state index in [4.69, 9.17) is 18.9 Å². The maximum absolute atomic E-state index is 13.8. The fourth-order valence-corrected chi connectivity index (χ4v) is 7.21. The van der Waals surface area contributed by atoms with E-state index in [1.807, 2.05) is 0 Å². The Kier molecular flexibility index (Phi) is 7.17. The number of thiazole rings is 1. The molecule has 2 amide bonds. The van der Waals surface area contributed by atoms with Crippen molar-refractivity contribution in [1.29, 1.82) is 0 Å². The van der Waals surface area contributed by atoms with Crippen molar-refractivity contribution in [2.24, 2.45) is 5.92 Å². The molecule has 10 nitrogen and oxygen atoms in total. The van der Waals surface area contributed by atoms with Crippen LogP contribution in [0.3, 0.4) is 0 Å². The first-order chi connectivity index (χ1) is 18.4. The number of esters is 1. The molecule has 1 N–H and O–H groups in total. The third-order valence-corrected chi connectivity index (χ3v) is 8.75. The van der Waals surface area contributed by atoms with Crippen LogP contribution in [0.4, 0.5) is 5.69 Å². The Balaban J connectivity index is 1.53. The van der Waals surface area contributed by atoms with E-state index in [1.165, 1.54) is 30.9 Å². The maximum atomic E-state index is 13.8. The van der Waals surface area contributed by atoms with Crippen molar-refractivity contribution in [2.75, 3.05) is 32.3 Å². The lowest BCUT2D eigenvalue weighted by Crippen LogP contribution is -2.32. The zero-order valence-corrected chi connectivity index (χ0v) is 22.4. The summed E-state index contributed by atoms with van der Waals surface area (Å²) < 4.78 is 21.2. The Morgan fingerprint density at radius 2 is 1.76 bits per heavy atom. The van der Waals surface area contributed by atoms with Gasteiger partial charge in [0.05, 0.1) is 37.5 Å². The van der Waals surface area contributed by atoms with Crippen LogP contribution in [0.25, 0.3) is 0 Å². The minimum Gasteiger partial charge on any atom is -0.497 e. The van der Waals surface area contributed by atoms with E-state index in [0.29, 0.717) is 38.4 Å². The zero-order valence-electron chi connectivity index (χ0n) is 20.7. The predicted octanol–water partition coefficient (Wildman–Crippen LogP) is 3.19. The molecule has 198 valence electrons. The van der Waals surface area contributed by atoms with Crippen molar-refractivity contribution in [3.05, 3.63) is 62.6 Å². The average Bonchev–Trinajstić information content (AvgIpc) is 3.41. The lowest BCUT2D eigenvalue weighted by atomic mass is 9.83. The molecule has 3 aromatic rings. The summed E-state index contributed by atoms with van der Waals surface area (Å²) in [6, 6.07) is 11.8. The van der Waals surface area contributed by atoms with E-state index < -0.39 is 23.1 Å². The summed E-state index contributed by atoms with van der Waals surface area (Å²) in [6.07, 6.45) is 0. The Hall–Kier alpha value is -3.77. The summed E-state index contributed by atoms with van der Waals surface area (Å²) in [5.74, 6) is -1.26. The van der Waals surface area contributed by atoms with Crippen LogP contribution < -0.4 is 24.0 Å². The fourth-order valence-electron chi connectivity index (χ4n) is 4.70. The highest BCUT2D eigenvalue weighted by molar-refractivity contribution is 8.00. The van der Waals surface area contributed by atoms with Gasteiger partial charge in [0.15, 0.2) is 18.1 Å². The van der Waals surface area contributed by atoms with Gasteiger partial charge >= 0.3 is 10.8 Å². The normalized spacial score (nSPS) is 20.1. The molecule has 0 radical (unpaired) electrons. The molecule has 3 heterocycles. The van der Waals surface area contributed by atoms with Crippen molar-refractivity contribution in [3.8, 4) is 17.2 Å². The van der Waals surface area contributed by atoms with Gasteiger partial charge in [-0.2, -0.15) is 0 Å². The molecule has 3 atom stereocenters. The third kappa shape index (κ3) is 4.54. The van der Waals surface area contributed by atoms with Gasteiger partial charge in [0.2, 0.25) is 11.8 Å². The fraction of sp³-hybridized carbons (Fsp3) is 0.308. The molecule has 5 rings (SSSR count). The van der Waals surface area contributed by atoms with Crippen LogP contribution in [0.1, 0.15) is 23.3 Å². The number of carbonyl (C=O) groups is 3. The number of carbonyl (C=O) groups excluding carboxylic acids is 3. The molecule has 3 unspecified atom stereocenters. The number of hydrogen-bond donors (Lipinski definition) is 1. The molecule has 0 aliphatic carbocycles. The Labute approximate surface area is 225 Å². The second kappa shape index (κ2) is 10.5. The van der Waals surface area contributed by atoms with Crippen LogP contribution in [0, 0.1) is 5.92 Å².